The van der Waals surface area contributed by atoms with Crippen molar-refractivity contribution in [1.82, 2.24) is 25.1 Å². The normalized spacial score (nSPS) is 10.6. The Bertz CT molecular complexity index is 799. The second-order valence-electron chi connectivity index (χ2n) is 4.52. The molecule has 3 heterocycles. The van der Waals surface area contributed by atoms with E-state index in [-0.39, 0.29) is 5.91 Å². The van der Waals surface area contributed by atoms with Crippen LogP contribution in [0.2, 0.25) is 4.34 Å². The van der Waals surface area contributed by atoms with Crippen molar-refractivity contribution in [2.24, 2.45) is 7.05 Å². The average Bonchev–Trinajstić information content (AvgIpc) is 3.12. The van der Waals surface area contributed by atoms with E-state index in [1.807, 2.05) is 13.1 Å². The molecular formula is C14H12ClN5OS. The molecule has 0 aliphatic rings. The molecule has 3 rings (SSSR count). The van der Waals surface area contributed by atoms with Crippen molar-refractivity contribution in [3.63, 3.8) is 0 Å². The van der Waals surface area contributed by atoms with Gasteiger partial charge in [-0.15, -0.1) is 11.3 Å². The van der Waals surface area contributed by atoms with Gasteiger partial charge in [-0.1, -0.05) is 11.6 Å². The smallest absolute Gasteiger partial charge is 0.261 e. The van der Waals surface area contributed by atoms with Crippen molar-refractivity contribution in [3.05, 3.63) is 51.7 Å². The third kappa shape index (κ3) is 3.15. The van der Waals surface area contributed by atoms with Crippen molar-refractivity contribution in [1.29, 1.82) is 0 Å². The first-order valence-corrected chi connectivity index (χ1v) is 7.66. The van der Waals surface area contributed by atoms with E-state index < -0.39 is 0 Å². The molecule has 0 unspecified atom stereocenters. The van der Waals surface area contributed by atoms with Gasteiger partial charge in [0, 0.05) is 19.4 Å². The summed E-state index contributed by atoms with van der Waals surface area (Å²) in [7, 11) is 1.82. The molecule has 0 spiro atoms. The molecule has 0 aliphatic carbocycles. The van der Waals surface area contributed by atoms with Crippen molar-refractivity contribution in [2.45, 2.75) is 6.54 Å². The largest absolute Gasteiger partial charge is 0.346 e. The Balaban J connectivity index is 1.71. The third-order valence-electron chi connectivity index (χ3n) is 3.03. The van der Waals surface area contributed by atoms with Crippen LogP contribution in [0.1, 0.15) is 15.4 Å². The minimum atomic E-state index is -0.154. The Morgan fingerprint density at radius 1 is 1.36 bits per heavy atom. The van der Waals surface area contributed by atoms with Crippen LogP contribution in [0, 0.1) is 0 Å². The lowest BCUT2D eigenvalue weighted by Crippen LogP contribution is -2.23. The van der Waals surface area contributed by atoms with Gasteiger partial charge in [-0.3, -0.25) is 19.4 Å². The number of aromatic nitrogens is 4. The highest BCUT2D eigenvalue weighted by Gasteiger charge is 2.12. The maximum absolute atomic E-state index is 12.0. The molecule has 0 aromatic carbocycles. The quantitative estimate of drug-likeness (QED) is 0.796. The van der Waals surface area contributed by atoms with E-state index in [4.69, 9.17) is 11.6 Å². The van der Waals surface area contributed by atoms with E-state index in [2.05, 4.69) is 20.4 Å². The van der Waals surface area contributed by atoms with Crippen molar-refractivity contribution in [3.8, 4) is 11.4 Å². The zero-order chi connectivity index (χ0) is 15.5. The molecule has 0 fully saturated rings. The molecule has 0 saturated heterocycles. The number of carbonyl (C=O) groups excluding carboxylic acids is 1. The number of amides is 1. The standard InChI is InChI=1S/C14H12ClN5OS/c1-20-9(6-10(19-20)11-8-16-4-5-17-11)7-18-14(21)12-2-3-13(15)22-12/h2-6,8H,7H2,1H3,(H,18,21). The molecule has 0 bridgehead atoms. The summed E-state index contributed by atoms with van der Waals surface area (Å²) in [6.07, 6.45) is 4.88. The SMILES string of the molecule is Cn1nc(-c2cnccn2)cc1CNC(=O)c1ccc(Cl)s1. The van der Waals surface area contributed by atoms with Crippen LogP contribution in [0.3, 0.4) is 0 Å². The van der Waals surface area contributed by atoms with Gasteiger partial charge < -0.3 is 5.32 Å². The van der Waals surface area contributed by atoms with Gasteiger partial charge in [0.1, 0.15) is 11.4 Å². The molecular weight excluding hydrogens is 322 g/mol. The summed E-state index contributed by atoms with van der Waals surface area (Å²) in [6.45, 7) is 0.373. The first-order chi connectivity index (χ1) is 10.6. The topological polar surface area (TPSA) is 72.7 Å². The molecule has 0 aliphatic heterocycles. The van der Waals surface area contributed by atoms with E-state index in [1.54, 1.807) is 35.4 Å². The Morgan fingerprint density at radius 3 is 2.91 bits per heavy atom. The summed E-state index contributed by atoms with van der Waals surface area (Å²) in [5.74, 6) is -0.154. The number of aryl methyl sites for hydroxylation is 1. The van der Waals surface area contributed by atoms with Gasteiger partial charge in [-0.05, 0) is 18.2 Å². The average molecular weight is 334 g/mol. The van der Waals surface area contributed by atoms with Gasteiger partial charge in [0.15, 0.2) is 0 Å². The van der Waals surface area contributed by atoms with Crippen LogP contribution in [0.25, 0.3) is 11.4 Å². The Labute approximate surface area is 135 Å². The first-order valence-electron chi connectivity index (χ1n) is 6.46. The molecule has 6 nitrogen and oxygen atoms in total. The molecule has 0 atom stereocenters. The van der Waals surface area contributed by atoms with Gasteiger partial charge in [0.2, 0.25) is 0 Å². The predicted molar refractivity (Wildman–Crippen MR) is 84.7 cm³/mol. The fraction of sp³-hybridized carbons (Fsp3) is 0.143. The first kappa shape index (κ1) is 14.7. The Morgan fingerprint density at radius 2 is 2.23 bits per heavy atom. The van der Waals surface area contributed by atoms with Crippen molar-refractivity contribution < 1.29 is 4.79 Å². The van der Waals surface area contributed by atoms with Gasteiger partial charge >= 0.3 is 0 Å². The highest BCUT2D eigenvalue weighted by atomic mass is 35.5. The van der Waals surface area contributed by atoms with Crippen LogP contribution >= 0.6 is 22.9 Å². The molecule has 0 saturated carbocycles. The summed E-state index contributed by atoms with van der Waals surface area (Å²) < 4.78 is 2.31. The second kappa shape index (κ2) is 6.25. The lowest BCUT2D eigenvalue weighted by Gasteiger charge is -2.03. The monoisotopic (exact) mass is 333 g/mol. The van der Waals surface area contributed by atoms with E-state index in [0.29, 0.717) is 21.5 Å². The number of carbonyl (C=O) groups is 1. The number of rotatable bonds is 4. The lowest BCUT2D eigenvalue weighted by molar-refractivity contribution is 0.0954. The molecule has 8 heteroatoms. The molecule has 3 aromatic heterocycles. The number of halogens is 1. The van der Waals surface area contributed by atoms with E-state index in [0.717, 1.165) is 11.4 Å². The van der Waals surface area contributed by atoms with Crippen molar-refractivity contribution in [2.75, 3.05) is 0 Å². The number of thiophene rings is 1. The number of hydrogen-bond donors (Lipinski definition) is 1. The minimum absolute atomic E-state index is 0.154. The zero-order valence-corrected chi connectivity index (χ0v) is 13.2. The minimum Gasteiger partial charge on any atom is -0.346 e. The third-order valence-corrected chi connectivity index (χ3v) is 4.26. The zero-order valence-electron chi connectivity index (χ0n) is 11.7. The van der Waals surface area contributed by atoms with Gasteiger partial charge in [0.25, 0.3) is 5.91 Å². The summed E-state index contributed by atoms with van der Waals surface area (Å²) in [6, 6.07) is 5.29. The van der Waals surface area contributed by atoms with Gasteiger partial charge in [-0.2, -0.15) is 5.10 Å². The van der Waals surface area contributed by atoms with Crippen molar-refractivity contribution >= 4 is 28.8 Å². The predicted octanol–water partition coefficient (Wildman–Crippen LogP) is 2.52. The van der Waals surface area contributed by atoms with E-state index in [1.165, 1.54) is 11.3 Å². The molecule has 1 N–H and O–H groups in total. The fourth-order valence-corrected chi connectivity index (χ4v) is 2.88. The van der Waals surface area contributed by atoms with Crippen LogP contribution in [0.5, 0.6) is 0 Å². The van der Waals surface area contributed by atoms with Crippen LogP contribution < -0.4 is 5.32 Å². The van der Waals surface area contributed by atoms with Crippen LogP contribution in [0.4, 0.5) is 0 Å². The second-order valence-corrected chi connectivity index (χ2v) is 6.24. The number of hydrogen-bond acceptors (Lipinski definition) is 5. The van der Waals surface area contributed by atoms with Crippen LogP contribution in [-0.4, -0.2) is 25.7 Å². The maximum atomic E-state index is 12.0. The summed E-state index contributed by atoms with van der Waals surface area (Å²) in [4.78, 5) is 20.8. The summed E-state index contributed by atoms with van der Waals surface area (Å²) in [5.41, 5.74) is 2.29. The van der Waals surface area contributed by atoms with E-state index >= 15 is 0 Å². The van der Waals surface area contributed by atoms with Gasteiger partial charge in [0.05, 0.1) is 27.6 Å². The summed E-state index contributed by atoms with van der Waals surface area (Å²) in [5, 5.41) is 7.23. The molecule has 3 aromatic rings. The Hall–Kier alpha value is -2.25. The van der Waals surface area contributed by atoms with Crippen LogP contribution in [0.15, 0.2) is 36.8 Å². The van der Waals surface area contributed by atoms with E-state index in [9.17, 15) is 4.79 Å². The lowest BCUT2D eigenvalue weighted by atomic mass is 10.3. The summed E-state index contributed by atoms with van der Waals surface area (Å²) >= 11 is 7.08. The van der Waals surface area contributed by atoms with Crippen LogP contribution in [-0.2, 0) is 13.6 Å². The number of nitrogens with one attached hydrogen (secondary N) is 1. The Kier molecular flexibility index (Phi) is 4.17. The molecule has 1 amide bonds. The van der Waals surface area contributed by atoms with Gasteiger partial charge in [-0.25, -0.2) is 0 Å². The number of nitrogens with zero attached hydrogens (tertiary/aromatic N) is 4. The molecule has 112 valence electrons. The highest BCUT2D eigenvalue weighted by Crippen LogP contribution is 2.21. The highest BCUT2D eigenvalue weighted by molar-refractivity contribution is 7.17. The maximum Gasteiger partial charge on any atom is 0.261 e. The molecule has 0 radical (unpaired) electrons. The fourth-order valence-electron chi connectivity index (χ4n) is 1.92. The molecule has 22 heavy (non-hydrogen) atoms.